The zero-order valence-electron chi connectivity index (χ0n) is 16.5. The van der Waals surface area contributed by atoms with Gasteiger partial charge in [0.05, 0.1) is 18.4 Å². The summed E-state index contributed by atoms with van der Waals surface area (Å²) in [4.78, 5) is 12.5. The first-order chi connectivity index (χ1) is 15.0. The molecule has 0 saturated heterocycles. The predicted octanol–water partition coefficient (Wildman–Crippen LogP) is 5.56. The van der Waals surface area contributed by atoms with Gasteiger partial charge in [0.1, 0.15) is 18.2 Å². The lowest BCUT2D eigenvalue weighted by Crippen LogP contribution is -2.11. The van der Waals surface area contributed by atoms with E-state index in [9.17, 15) is 9.18 Å². The molecule has 1 amide bonds. The molecule has 1 aromatic heterocycles. The number of benzene rings is 3. The van der Waals surface area contributed by atoms with Crippen molar-refractivity contribution in [1.82, 2.24) is 9.78 Å². The Labute approximate surface area is 184 Å². The second-order valence-corrected chi connectivity index (χ2v) is 7.39. The highest BCUT2D eigenvalue weighted by Gasteiger charge is 2.08. The maximum absolute atomic E-state index is 13.3. The first-order valence-electron chi connectivity index (χ1n) is 9.61. The van der Waals surface area contributed by atoms with Gasteiger partial charge in [-0.15, -0.1) is 0 Å². The fourth-order valence-electron chi connectivity index (χ4n) is 3.02. The van der Waals surface area contributed by atoms with Crippen molar-refractivity contribution in [3.63, 3.8) is 0 Å². The van der Waals surface area contributed by atoms with Crippen molar-refractivity contribution >= 4 is 23.2 Å². The molecule has 0 bridgehead atoms. The second-order valence-electron chi connectivity index (χ2n) is 6.95. The largest absolute Gasteiger partial charge is 0.489 e. The summed E-state index contributed by atoms with van der Waals surface area (Å²) < 4.78 is 20.7. The van der Waals surface area contributed by atoms with Crippen molar-refractivity contribution in [3.8, 4) is 5.75 Å². The van der Waals surface area contributed by atoms with Crippen LogP contribution >= 0.6 is 11.6 Å². The molecule has 1 heterocycles. The van der Waals surface area contributed by atoms with Crippen LogP contribution in [-0.4, -0.2) is 15.7 Å². The van der Waals surface area contributed by atoms with Gasteiger partial charge in [-0.1, -0.05) is 41.9 Å². The molecule has 0 fully saturated rings. The molecule has 0 aliphatic heterocycles. The zero-order chi connectivity index (χ0) is 21.6. The third kappa shape index (κ3) is 5.71. The highest BCUT2D eigenvalue weighted by atomic mass is 35.5. The van der Waals surface area contributed by atoms with E-state index in [0.717, 1.165) is 11.1 Å². The van der Waals surface area contributed by atoms with Crippen LogP contribution < -0.4 is 10.1 Å². The summed E-state index contributed by atoms with van der Waals surface area (Å²) in [6, 6.07) is 20.7. The first-order valence-corrected chi connectivity index (χ1v) is 9.98. The van der Waals surface area contributed by atoms with Crippen LogP contribution in [0.25, 0.3) is 0 Å². The molecule has 31 heavy (non-hydrogen) atoms. The number of anilines is 1. The van der Waals surface area contributed by atoms with Gasteiger partial charge in [0.2, 0.25) is 0 Å². The molecule has 5 nitrogen and oxygen atoms in total. The van der Waals surface area contributed by atoms with Gasteiger partial charge in [0.25, 0.3) is 5.91 Å². The molecule has 0 spiro atoms. The third-order valence-corrected chi connectivity index (χ3v) is 4.78. The van der Waals surface area contributed by atoms with E-state index in [2.05, 4.69) is 10.4 Å². The standard InChI is InChI=1S/C24H19ClFN3O2/c25-20-4-2-6-23(12-20)31-16-17-7-9-19(10-8-17)24(30)28-22-13-27-29(15-22)14-18-3-1-5-21(26)11-18/h1-13,15H,14,16H2,(H,28,30). The number of carbonyl (C=O) groups is 1. The predicted molar refractivity (Wildman–Crippen MR) is 118 cm³/mol. The summed E-state index contributed by atoms with van der Waals surface area (Å²) in [7, 11) is 0. The van der Waals surface area contributed by atoms with Crippen LogP contribution in [0.3, 0.4) is 0 Å². The van der Waals surface area contributed by atoms with Crippen molar-refractivity contribution in [3.05, 3.63) is 113 Å². The minimum Gasteiger partial charge on any atom is -0.489 e. The van der Waals surface area contributed by atoms with Gasteiger partial charge in [-0.2, -0.15) is 5.10 Å². The Morgan fingerprint density at radius 3 is 2.61 bits per heavy atom. The number of hydrogen-bond acceptors (Lipinski definition) is 3. The molecule has 0 aliphatic carbocycles. The average Bonchev–Trinajstić information content (AvgIpc) is 3.19. The lowest BCUT2D eigenvalue weighted by atomic mass is 10.1. The SMILES string of the molecule is O=C(Nc1cnn(Cc2cccc(F)c2)c1)c1ccc(COc2cccc(Cl)c2)cc1. The molecular formula is C24H19ClFN3O2. The maximum atomic E-state index is 13.3. The smallest absolute Gasteiger partial charge is 0.255 e. The number of aromatic nitrogens is 2. The van der Waals surface area contributed by atoms with Crippen molar-refractivity contribution < 1.29 is 13.9 Å². The van der Waals surface area contributed by atoms with Crippen LogP contribution in [-0.2, 0) is 13.2 Å². The summed E-state index contributed by atoms with van der Waals surface area (Å²) in [6.45, 7) is 0.782. The summed E-state index contributed by atoms with van der Waals surface area (Å²) >= 11 is 5.95. The number of amides is 1. The van der Waals surface area contributed by atoms with Crippen LogP contribution in [0.1, 0.15) is 21.5 Å². The average molecular weight is 436 g/mol. The van der Waals surface area contributed by atoms with Gasteiger partial charge < -0.3 is 10.1 Å². The van der Waals surface area contributed by atoms with Crippen LogP contribution in [0.4, 0.5) is 10.1 Å². The molecule has 0 radical (unpaired) electrons. The molecule has 0 saturated carbocycles. The Bertz CT molecular complexity index is 1190. The number of halogens is 2. The Kier molecular flexibility index (Phi) is 6.29. The minimum absolute atomic E-state index is 0.243. The van der Waals surface area contributed by atoms with E-state index in [1.807, 2.05) is 30.3 Å². The van der Waals surface area contributed by atoms with Gasteiger partial charge in [-0.3, -0.25) is 9.48 Å². The van der Waals surface area contributed by atoms with E-state index in [1.54, 1.807) is 47.4 Å². The van der Waals surface area contributed by atoms with E-state index < -0.39 is 0 Å². The Morgan fingerprint density at radius 2 is 1.84 bits per heavy atom. The van der Waals surface area contributed by atoms with Crippen LogP contribution in [0.2, 0.25) is 5.02 Å². The second kappa shape index (κ2) is 9.45. The number of rotatable bonds is 7. The van der Waals surface area contributed by atoms with E-state index in [1.165, 1.54) is 12.1 Å². The van der Waals surface area contributed by atoms with Crippen LogP contribution in [0, 0.1) is 5.82 Å². The zero-order valence-corrected chi connectivity index (χ0v) is 17.2. The van der Waals surface area contributed by atoms with Crippen molar-refractivity contribution in [2.24, 2.45) is 0 Å². The number of nitrogens with zero attached hydrogens (tertiary/aromatic N) is 2. The Hall–Kier alpha value is -3.64. The Balaban J connectivity index is 1.33. The van der Waals surface area contributed by atoms with Crippen molar-refractivity contribution in [2.75, 3.05) is 5.32 Å². The van der Waals surface area contributed by atoms with Gasteiger partial charge in [0.15, 0.2) is 0 Å². The number of nitrogens with one attached hydrogen (secondary N) is 1. The highest BCUT2D eigenvalue weighted by molar-refractivity contribution is 6.30. The highest BCUT2D eigenvalue weighted by Crippen LogP contribution is 2.19. The summed E-state index contributed by atoms with van der Waals surface area (Å²) in [5.41, 5.74) is 2.80. The molecule has 1 N–H and O–H groups in total. The summed E-state index contributed by atoms with van der Waals surface area (Å²) in [5, 5.41) is 7.65. The van der Waals surface area contributed by atoms with Crippen LogP contribution in [0.5, 0.6) is 5.75 Å². The van der Waals surface area contributed by atoms with E-state index >= 15 is 0 Å². The lowest BCUT2D eigenvalue weighted by molar-refractivity contribution is 0.102. The van der Waals surface area contributed by atoms with E-state index in [-0.39, 0.29) is 11.7 Å². The first kappa shape index (κ1) is 20.6. The fraction of sp³-hybridized carbons (Fsp3) is 0.0833. The summed E-state index contributed by atoms with van der Waals surface area (Å²) in [6.07, 6.45) is 3.26. The fourth-order valence-corrected chi connectivity index (χ4v) is 3.20. The molecule has 7 heteroatoms. The van der Waals surface area contributed by atoms with E-state index in [4.69, 9.17) is 16.3 Å². The number of carbonyl (C=O) groups excluding carboxylic acids is 1. The normalized spacial score (nSPS) is 10.6. The lowest BCUT2D eigenvalue weighted by Gasteiger charge is -2.08. The van der Waals surface area contributed by atoms with Gasteiger partial charge >= 0.3 is 0 Å². The third-order valence-electron chi connectivity index (χ3n) is 4.54. The molecule has 0 aliphatic rings. The molecule has 3 aromatic carbocycles. The molecule has 156 valence electrons. The molecule has 0 atom stereocenters. The summed E-state index contributed by atoms with van der Waals surface area (Å²) in [5.74, 6) is 0.150. The van der Waals surface area contributed by atoms with E-state index in [0.29, 0.717) is 35.2 Å². The molecule has 4 rings (SSSR count). The molecule has 0 unspecified atom stereocenters. The monoisotopic (exact) mass is 435 g/mol. The van der Waals surface area contributed by atoms with Gasteiger partial charge in [0, 0.05) is 16.8 Å². The Morgan fingerprint density at radius 1 is 1.03 bits per heavy atom. The topological polar surface area (TPSA) is 56.2 Å². The van der Waals surface area contributed by atoms with Gasteiger partial charge in [-0.25, -0.2) is 4.39 Å². The maximum Gasteiger partial charge on any atom is 0.255 e. The minimum atomic E-state index is -0.292. The van der Waals surface area contributed by atoms with Crippen molar-refractivity contribution in [1.29, 1.82) is 0 Å². The van der Waals surface area contributed by atoms with Gasteiger partial charge in [-0.05, 0) is 53.6 Å². The van der Waals surface area contributed by atoms with Crippen molar-refractivity contribution in [2.45, 2.75) is 13.2 Å². The number of hydrogen-bond donors (Lipinski definition) is 1. The quantitative estimate of drug-likeness (QED) is 0.413. The molecule has 4 aromatic rings. The number of ether oxygens (including phenoxy) is 1. The van der Waals surface area contributed by atoms with Crippen LogP contribution in [0.15, 0.2) is 85.2 Å². The molecular weight excluding hydrogens is 417 g/mol.